The van der Waals surface area contributed by atoms with Gasteiger partial charge in [-0.3, -0.25) is 4.79 Å². The molecule has 8 heteroatoms. The molecule has 0 aliphatic carbocycles. The number of carbonyl (C=O) groups excluding carboxylic acids is 1. The van der Waals surface area contributed by atoms with Crippen LogP contribution in [-0.4, -0.2) is 45.0 Å². The summed E-state index contributed by atoms with van der Waals surface area (Å²) in [4.78, 5) is 20.5. The molecule has 2 aromatic heterocycles. The Bertz CT molecular complexity index is 873. The summed E-state index contributed by atoms with van der Waals surface area (Å²) in [6.45, 7) is 1.34. The summed E-state index contributed by atoms with van der Waals surface area (Å²) in [5, 5.41) is 6.83. The molecule has 27 heavy (non-hydrogen) atoms. The monoisotopic (exact) mass is 365 g/mol. The topological polar surface area (TPSA) is 91.2 Å². The van der Waals surface area contributed by atoms with E-state index in [9.17, 15) is 4.79 Å². The van der Waals surface area contributed by atoms with Gasteiger partial charge in [0.15, 0.2) is 5.82 Å². The van der Waals surface area contributed by atoms with Crippen molar-refractivity contribution >= 4 is 11.6 Å². The van der Waals surface area contributed by atoms with Crippen LogP contribution in [-0.2, 0) is 4.74 Å². The molecule has 1 N–H and O–H groups in total. The zero-order valence-corrected chi connectivity index (χ0v) is 14.6. The maximum Gasteiger partial charge on any atom is 0.255 e. The molecule has 1 unspecified atom stereocenters. The van der Waals surface area contributed by atoms with Crippen LogP contribution >= 0.6 is 0 Å². The summed E-state index contributed by atoms with van der Waals surface area (Å²) >= 11 is 0. The maximum absolute atomic E-state index is 12.4. The van der Waals surface area contributed by atoms with Gasteiger partial charge in [0.2, 0.25) is 0 Å². The van der Waals surface area contributed by atoms with Crippen LogP contribution in [0, 0.1) is 0 Å². The molecule has 1 atom stereocenters. The largest absolute Gasteiger partial charge is 0.491 e. The molecule has 1 aromatic carbocycles. The first-order valence-electron chi connectivity index (χ1n) is 8.75. The highest BCUT2D eigenvalue weighted by molar-refractivity contribution is 6.04. The Labute approximate surface area is 156 Å². The first-order valence-corrected chi connectivity index (χ1v) is 8.75. The van der Waals surface area contributed by atoms with Crippen LogP contribution in [0.3, 0.4) is 0 Å². The minimum absolute atomic E-state index is 0.168. The standard InChI is InChI=1S/C19H19N5O3/c25-19(23-15-5-8-18(21-10-15)24-13-20-12-22-24)14-3-6-16(7-4-14)27-11-17-2-1-9-26-17/h3-8,10,12-13,17H,1-2,9,11H2,(H,23,25). The highest BCUT2D eigenvalue weighted by Gasteiger charge is 2.16. The number of aromatic nitrogens is 4. The fourth-order valence-electron chi connectivity index (χ4n) is 2.79. The highest BCUT2D eigenvalue weighted by Crippen LogP contribution is 2.17. The molecular weight excluding hydrogens is 346 g/mol. The highest BCUT2D eigenvalue weighted by atomic mass is 16.5. The summed E-state index contributed by atoms with van der Waals surface area (Å²) in [5.41, 5.74) is 1.14. The Balaban J connectivity index is 1.33. The van der Waals surface area contributed by atoms with Crippen molar-refractivity contribution in [1.82, 2.24) is 19.7 Å². The van der Waals surface area contributed by atoms with Crippen molar-refractivity contribution in [3.8, 4) is 11.6 Å². The van der Waals surface area contributed by atoms with Crippen molar-refractivity contribution in [2.75, 3.05) is 18.5 Å². The molecular formula is C19H19N5O3. The number of nitrogens with zero attached hydrogens (tertiary/aromatic N) is 4. The van der Waals surface area contributed by atoms with Gasteiger partial charge in [-0.05, 0) is 49.2 Å². The molecule has 3 aromatic rings. The minimum Gasteiger partial charge on any atom is -0.491 e. The molecule has 0 bridgehead atoms. The van der Waals surface area contributed by atoms with Gasteiger partial charge in [-0.25, -0.2) is 14.6 Å². The zero-order chi connectivity index (χ0) is 18.5. The van der Waals surface area contributed by atoms with E-state index < -0.39 is 0 Å². The number of nitrogens with one attached hydrogen (secondary N) is 1. The number of rotatable bonds is 6. The molecule has 0 saturated carbocycles. The van der Waals surface area contributed by atoms with E-state index in [-0.39, 0.29) is 12.0 Å². The van der Waals surface area contributed by atoms with E-state index in [1.54, 1.807) is 53.6 Å². The van der Waals surface area contributed by atoms with Crippen molar-refractivity contribution in [3.63, 3.8) is 0 Å². The third-order valence-electron chi connectivity index (χ3n) is 4.24. The number of amides is 1. The molecule has 1 amide bonds. The summed E-state index contributed by atoms with van der Waals surface area (Å²) in [7, 11) is 0. The van der Waals surface area contributed by atoms with Crippen LogP contribution in [0.15, 0.2) is 55.2 Å². The van der Waals surface area contributed by atoms with Gasteiger partial charge in [0.1, 0.15) is 25.0 Å². The first kappa shape index (κ1) is 17.2. The molecule has 1 fully saturated rings. The average molecular weight is 365 g/mol. The van der Waals surface area contributed by atoms with Crippen molar-refractivity contribution in [3.05, 3.63) is 60.8 Å². The fraction of sp³-hybridized carbons (Fsp3) is 0.263. The smallest absolute Gasteiger partial charge is 0.255 e. The molecule has 0 spiro atoms. The number of ether oxygens (including phenoxy) is 2. The van der Waals surface area contributed by atoms with Crippen LogP contribution in [0.4, 0.5) is 5.69 Å². The van der Waals surface area contributed by atoms with Crippen LogP contribution in [0.2, 0.25) is 0 Å². The molecule has 3 heterocycles. The second-order valence-electron chi connectivity index (χ2n) is 6.17. The lowest BCUT2D eigenvalue weighted by molar-refractivity contribution is 0.0679. The Morgan fingerprint density at radius 3 is 2.81 bits per heavy atom. The lowest BCUT2D eigenvalue weighted by atomic mass is 10.2. The van der Waals surface area contributed by atoms with Crippen molar-refractivity contribution < 1.29 is 14.3 Å². The van der Waals surface area contributed by atoms with E-state index in [4.69, 9.17) is 9.47 Å². The second kappa shape index (κ2) is 7.96. The molecule has 0 radical (unpaired) electrons. The number of hydrogen-bond acceptors (Lipinski definition) is 6. The number of hydrogen-bond donors (Lipinski definition) is 1. The summed E-state index contributed by atoms with van der Waals surface area (Å²) < 4.78 is 12.8. The molecule has 138 valence electrons. The summed E-state index contributed by atoms with van der Waals surface area (Å²) in [6, 6.07) is 10.6. The van der Waals surface area contributed by atoms with Crippen LogP contribution < -0.4 is 10.1 Å². The maximum atomic E-state index is 12.4. The van der Waals surface area contributed by atoms with Crippen molar-refractivity contribution in [2.45, 2.75) is 18.9 Å². The van der Waals surface area contributed by atoms with E-state index in [0.717, 1.165) is 25.2 Å². The lowest BCUT2D eigenvalue weighted by Crippen LogP contribution is -2.16. The Morgan fingerprint density at radius 1 is 1.26 bits per heavy atom. The molecule has 4 rings (SSSR count). The molecule has 1 saturated heterocycles. The number of benzene rings is 1. The van der Waals surface area contributed by atoms with Crippen LogP contribution in [0.5, 0.6) is 5.75 Å². The van der Waals surface area contributed by atoms with Gasteiger partial charge >= 0.3 is 0 Å². The van der Waals surface area contributed by atoms with Crippen molar-refractivity contribution in [2.24, 2.45) is 0 Å². The predicted octanol–water partition coefficient (Wildman–Crippen LogP) is 2.47. The third kappa shape index (κ3) is 4.29. The van der Waals surface area contributed by atoms with Crippen LogP contribution in [0.25, 0.3) is 5.82 Å². The molecule has 1 aliphatic rings. The fourth-order valence-corrected chi connectivity index (χ4v) is 2.79. The van der Waals surface area contributed by atoms with E-state index in [1.165, 1.54) is 6.33 Å². The number of pyridine rings is 1. The Morgan fingerprint density at radius 2 is 2.15 bits per heavy atom. The summed E-state index contributed by atoms with van der Waals surface area (Å²) in [6.07, 6.45) is 6.86. The van der Waals surface area contributed by atoms with Gasteiger partial charge in [-0.2, -0.15) is 5.10 Å². The normalized spacial score (nSPS) is 16.2. The number of anilines is 1. The Hall–Kier alpha value is -3.26. The van der Waals surface area contributed by atoms with E-state index in [0.29, 0.717) is 23.7 Å². The predicted molar refractivity (Wildman–Crippen MR) is 98.0 cm³/mol. The van der Waals surface area contributed by atoms with Gasteiger partial charge in [-0.15, -0.1) is 0 Å². The van der Waals surface area contributed by atoms with Gasteiger partial charge < -0.3 is 14.8 Å². The van der Waals surface area contributed by atoms with E-state index in [2.05, 4.69) is 20.4 Å². The Kier molecular flexibility index (Phi) is 5.06. The first-order chi connectivity index (χ1) is 13.3. The average Bonchev–Trinajstić information content (AvgIpc) is 3.41. The minimum atomic E-state index is -0.212. The van der Waals surface area contributed by atoms with Crippen LogP contribution in [0.1, 0.15) is 23.2 Å². The zero-order valence-electron chi connectivity index (χ0n) is 14.6. The number of carbonyl (C=O) groups is 1. The van der Waals surface area contributed by atoms with Gasteiger partial charge in [-0.1, -0.05) is 0 Å². The van der Waals surface area contributed by atoms with Crippen molar-refractivity contribution in [1.29, 1.82) is 0 Å². The van der Waals surface area contributed by atoms with E-state index in [1.807, 2.05) is 0 Å². The van der Waals surface area contributed by atoms with E-state index >= 15 is 0 Å². The molecule has 1 aliphatic heterocycles. The quantitative estimate of drug-likeness (QED) is 0.722. The third-order valence-corrected chi connectivity index (χ3v) is 4.24. The SMILES string of the molecule is O=C(Nc1ccc(-n2cncn2)nc1)c1ccc(OCC2CCCO2)cc1. The summed E-state index contributed by atoms with van der Waals surface area (Å²) in [5.74, 6) is 1.13. The second-order valence-corrected chi connectivity index (χ2v) is 6.17. The van der Waals surface area contributed by atoms with Gasteiger partial charge in [0, 0.05) is 12.2 Å². The van der Waals surface area contributed by atoms with Gasteiger partial charge in [0.25, 0.3) is 5.91 Å². The van der Waals surface area contributed by atoms with Gasteiger partial charge in [0.05, 0.1) is 18.0 Å². The molecule has 8 nitrogen and oxygen atoms in total. The lowest BCUT2D eigenvalue weighted by Gasteiger charge is -2.12.